The van der Waals surface area contributed by atoms with Crippen molar-refractivity contribution in [3.63, 3.8) is 0 Å². The molecule has 0 saturated carbocycles. The number of carbonyl (C=O) groups excluding carboxylic acids is 3. The van der Waals surface area contributed by atoms with Crippen LogP contribution in [-0.4, -0.2) is 62.1 Å². The molecule has 7 nitrogen and oxygen atoms in total. The number of esters is 2. The number of nitrogens with zero attached hydrogens (tertiary/aromatic N) is 2. The van der Waals surface area contributed by atoms with Crippen LogP contribution in [0.2, 0.25) is 0 Å². The van der Waals surface area contributed by atoms with Gasteiger partial charge in [0.05, 0.1) is 27.5 Å². The summed E-state index contributed by atoms with van der Waals surface area (Å²) in [6.45, 7) is 2.64. The van der Waals surface area contributed by atoms with Crippen molar-refractivity contribution >= 4 is 23.5 Å². The van der Waals surface area contributed by atoms with Crippen molar-refractivity contribution in [2.24, 2.45) is 0 Å². The van der Waals surface area contributed by atoms with Gasteiger partial charge in [0, 0.05) is 31.7 Å². The topological polar surface area (TPSA) is 76.2 Å². The normalized spacial score (nSPS) is 19.0. The smallest absolute Gasteiger partial charge is 0.332 e. The van der Waals surface area contributed by atoms with Crippen LogP contribution in [0.25, 0.3) is 0 Å². The Bertz CT molecular complexity index is 874. The molecule has 1 aromatic carbocycles. The molecule has 1 aliphatic rings. The van der Waals surface area contributed by atoms with E-state index in [0.29, 0.717) is 19.6 Å². The van der Waals surface area contributed by atoms with Crippen molar-refractivity contribution in [1.29, 1.82) is 0 Å². The summed E-state index contributed by atoms with van der Waals surface area (Å²) in [7, 11) is 2.49. The first kappa shape index (κ1) is 14.6. The molecule has 1 aliphatic heterocycles. The fourth-order valence-electron chi connectivity index (χ4n) is 3.30. The number of methoxy groups -OCH3 is 2. The fraction of sp³-hybridized carbons (Fsp3) is 0.550. The Morgan fingerprint density at radius 3 is 2.30 bits per heavy atom. The number of piperidine rings is 1. The third-order valence-electron chi connectivity index (χ3n) is 4.80. The molecule has 0 spiro atoms. The van der Waals surface area contributed by atoms with E-state index < -0.39 is 47.6 Å². The lowest BCUT2D eigenvalue weighted by Gasteiger charge is -2.46. The first-order valence-corrected chi connectivity index (χ1v) is 8.83. The Labute approximate surface area is 167 Å². The third kappa shape index (κ3) is 4.66. The van der Waals surface area contributed by atoms with E-state index in [1.807, 2.05) is 4.90 Å². The Morgan fingerprint density at radius 2 is 1.78 bits per heavy atom. The Kier molecular flexibility index (Phi) is 5.15. The predicted molar refractivity (Wildman–Crippen MR) is 101 cm³/mol. The Balaban J connectivity index is 2.56. The number of hydrogen-bond acceptors (Lipinski definition) is 6. The van der Waals surface area contributed by atoms with Crippen LogP contribution in [0.1, 0.15) is 39.5 Å². The van der Waals surface area contributed by atoms with Gasteiger partial charge in [0.15, 0.2) is 0 Å². The summed E-state index contributed by atoms with van der Waals surface area (Å²) >= 11 is 0. The standard InChI is InChI=1S/C20H28N2O5/c1-4-17(23)22(16-8-6-5-7-9-16)20(19(25)27-3)11-14-21(15-12-20)13-10-18(24)26-2/h5-9H,4,10-15H2,1-3H3/i5D,6D,7D,8D,9D. The molecule has 7 heteroatoms. The number of benzene rings is 1. The summed E-state index contributed by atoms with van der Waals surface area (Å²) < 4.78 is 50.1. The second-order valence-electron chi connectivity index (χ2n) is 6.25. The van der Waals surface area contributed by atoms with Gasteiger partial charge < -0.3 is 14.4 Å². The predicted octanol–water partition coefficient (Wildman–Crippen LogP) is 2.00. The molecule has 0 aromatic heterocycles. The second-order valence-corrected chi connectivity index (χ2v) is 6.25. The molecule has 1 amide bonds. The summed E-state index contributed by atoms with van der Waals surface area (Å²) in [6.07, 6.45) is 0.332. The van der Waals surface area contributed by atoms with Crippen LogP contribution < -0.4 is 4.90 Å². The quantitative estimate of drug-likeness (QED) is 0.673. The van der Waals surface area contributed by atoms with Crippen molar-refractivity contribution in [3.05, 3.63) is 30.2 Å². The molecule has 27 heavy (non-hydrogen) atoms. The zero-order valence-corrected chi connectivity index (χ0v) is 15.9. The lowest BCUT2D eigenvalue weighted by Crippen LogP contribution is -2.62. The summed E-state index contributed by atoms with van der Waals surface area (Å²) in [5.41, 5.74) is -1.88. The minimum atomic E-state index is -1.54. The zero-order valence-electron chi connectivity index (χ0n) is 20.9. The van der Waals surface area contributed by atoms with Crippen LogP contribution in [-0.2, 0) is 23.9 Å². The van der Waals surface area contributed by atoms with Gasteiger partial charge >= 0.3 is 11.9 Å². The van der Waals surface area contributed by atoms with E-state index in [0.717, 1.165) is 4.90 Å². The number of ether oxygens (including phenoxy) is 2. The summed E-state index contributed by atoms with van der Waals surface area (Å²) in [4.78, 5) is 40.6. The van der Waals surface area contributed by atoms with Crippen LogP contribution >= 0.6 is 0 Å². The molecule has 1 heterocycles. The molecule has 2 rings (SSSR count). The third-order valence-corrected chi connectivity index (χ3v) is 4.80. The highest BCUT2D eigenvalue weighted by molar-refractivity contribution is 6.02. The lowest BCUT2D eigenvalue weighted by molar-refractivity contribution is -0.151. The Hall–Kier alpha value is -2.41. The molecule has 1 aromatic rings. The first-order chi connectivity index (χ1) is 15.0. The van der Waals surface area contributed by atoms with Crippen LogP contribution in [0.5, 0.6) is 0 Å². The monoisotopic (exact) mass is 381 g/mol. The molecule has 1 fully saturated rings. The van der Waals surface area contributed by atoms with Crippen LogP contribution in [0, 0.1) is 0 Å². The van der Waals surface area contributed by atoms with Gasteiger partial charge in [-0.3, -0.25) is 14.5 Å². The highest BCUT2D eigenvalue weighted by Gasteiger charge is 2.49. The summed E-state index contributed by atoms with van der Waals surface area (Å²) in [5.74, 6) is -1.65. The van der Waals surface area contributed by atoms with Gasteiger partial charge in [-0.05, 0) is 24.9 Å². The second kappa shape index (κ2) is 9.50. The number of para-hydroxylation sites is 1. The SMILES string of the molecule is [2H]c1c([2H])c([2H])c(N(C(=O)CC)C2(C(=O)OC)CCN(CCC(=O)OC)CC2)c([2H])c1[2H]. The lowest BCUT2D eigenvalue weighted by atomic mass is 9.84. The van der Waals surface area contributed by atoms with Gasteiger partial charge in [-0.15, -0.1) is 0 Å². The van der Waals surface area contributed by atoms with Crippen molar-refractivity contribution in [1.82, 2.24) is 4.90 Å². The van der Waals surface area contributed by atoms with Crippen LogP contribution in [0.4, 0.5) is 5.69 Å². The molecular weight excluding hydrogens is 348 g/mol. The molecule has 0 N–H and O–H groups in total. The minimum absolute atomic E-state index is 0.0486. The Morgan fingerprint density at radius 1 is 1.15 bits per heavy atom. The van der Waals surface area contributed by atoms with Gasteiger partial charge in [-0.1, -0.05) is 25.1 Å². The van der Waals surface area contributed by atoms with Gasteiger partial charge in [0.25, 0.3) is 0 Å². The maximum absolute atomic E-state index is 13.1. The number of amides is 1. The average molecular weight is 381 g/mol. The zero-order chi connectivity index (χ0) is 24.2. The molecule has 148 valence electrons. The van der Waals surface area contributed by atoms with Crippen molar-refractivity contribution in [2.75, 3.05) is 38.8 Å². The number of hydrogen-bond donors (Lipinski definition) is 0. The van der Waals surface area contributed by atoms with Gasteiger partial charge in [-0.2, -0.15) is 0 Å². The van der Waals surface area contributed by atoms with Crippen molar-refractivity contribution in [3.8, 4) is 0 Å². The van der Waals surface area contributed by atoms with E-state index in [9.17, 15) is 14.4 Å². The molecular formula is C20H28N2O5. The maximum atomic E-state index is 13.1. The summed E-state index contributed by atoms with van der Waals surface area (Å²) in [5, 5.41) is 0. The molecule has 0 unspecified atom stereocenters. The van der Waals surface area contributed by atoms with Crippen molar-refractivity contribution < 1.29 is 30.7 Å². The average Bonchev–Trinajstić information content (AvgIpc) is 2.81. The molecule has 0 radical (unpaired) electrons. The number of likely N-dealkylation sites (tertiary alicyclic amines) is 1. The van der Waals surface area contributed by atoms with Gasteiger partial charge in [0.2, 0.25) is 5.91 Å². The number of rotatable bonds is 7. The van der Waals surface area contributed by atoms with E-state index in [2.05, 4.69) is 4.74 Å². The van der Waals surface area contributed by atoms with E-state index in [1.165, 1.54) is 14.2 Å². The number of carbonyl (C=O) groups is 3. The van der Waals surface area contributed by atoms with E-state index >= 15 is 0 Å². The largest absolute Gasteiger partial charge is 0.469 e. The van der Waals surface area contributed by atoms with Gasteiger partial charge in [-0.25, -0.2) is 4.79 Å². The number of anilines is 1. The fourth-order valence-corrected chi connectivity index (χ4v) is 3.30. The maximum Gasteiger partial charge on any atom is 0.332 e. The van der Waals surface area contributed by atoms with E-state index in [-0.39, 0.29) is 37.3 Å². The minimum Gasteiger partial charge on any atom is -0.469 e. The molecule has 1 saturated heterocycles. The summed E-state index contributed by atoms with van der Waals surface area (Å²) in [6, 6.07) is -2.89. The first-order valence-electron chi connectivity index (χ1n) is 11.3. The van der Waals surface area contributed by atoms with E-state index in [4.69, 9.17) is 11.6 Å². The molecule has 0 bridgehead atoms. The molecule has 0 aliphatic carbocycles. The van der Waals surface area contributed by atoms with Crippen LogP contribution in [0.3, 0.4) is 0 Å². The van der Waals surface area contributed by atoms with Crippen LogP contribution in [0.15, 0.2) is 30.2 Å². The molecule has 0 atom stereocenters. The highest BCUT2D eigenvalue weighted by Crippen LogP contribution is 2.35. The van der Waals surface area contributed by atoms with Crippen molar-refractivity contribution in [2.45, 2.75) is 38.1 Å². The van der Waals surface area contributed by atoms with Gasteiger partial charge in [0.1, 0.15) is 5.54 Å². The highest BCUT2D eigenvalue weighted by atomic mass is 16.5. The van der Waals surface area contributed by atoms with E-state index in [1.54, 1.807) is 6.92 Å².